The number of nitrogens with one attached hydrogen (secondary N) is 3. The third-order valence-corrected chi connectivity index (χ3v) is 3.76. The number of aryl methyl sites for hydroxylation is 1. The largest absolute Gasteiger partial charge is 0.340 e. The van der Waals surface area contributed by atoms with Gasteiger partial charge < -0.3 is 10.6 Å². The summed E-state index contributed by atoms with van der Waals surface area (Å²) in [4.78, 5) is 24.5. The van der Waals surface area contributed by atoms with Crippen LogP contribution in [0, 0.1) is 0 Å². The van der Waals surface area contributed by atoms with Crippen molar-refractivity contribution < 1.29 is 9.59 Å². The van der Waals surface area contributed by atoms with E-state index >= 15 is 0 Å². The number of rotatable bonds is 6. The molecule has 0 spiro atoms. The van der Waals surface area contributed by atoms with Crippen LogP contribution in [0.1, 0.15) is 35.6 Å². The van der Waals surface area contributed by atoms with Crippen LogP contribution in [0.25, 0.3) is 0 Å². The summed E-state index contributed by atoms with van der Waals surface area (Å²) in [5.41, 5.74) is 0.975. The molecule has 7 heteroatoms. The zero-order valence-electron chi connectivity index (χ0n) is 12.0. The maximum atomic E-state index is 12.0. The SMILES string of the molecule is CCCc1cc(NC(=O)C(C)NC(=O)c2cccs2)n[nH]1. The summed E-state index contributed by atoms with van der Waals surface area (Å²) in [6, 6.07) is 4.68. The van der Waals surface area contributed by atoms with Gasteiger partial charge in [0.1, 0.15) is 6.04 Å². The smallest absolute Gasteiger partial charge is 0.261 e. The summed E-state index contributed by atoms with van der Waals surface area (Å²) in [6.45, 7) is 3.71. The summed E-state index contributed by atoms with van der Waals surface area (Å²) >= 11 is 1.34. The summed E-state index contributed by atoms with van der Waals surface area (Å²) < 4.78 is 0. The lowest BCUT2D eigenvalue weighted by Gasteiger charge is -2.12. The molecule has 2 amide bonds. The van der Waals surface area contributed by atoms with Crippen molar-refractivity contribution in [1.29, 1.82) is 0 Å². The van der Waals surface area contributed by atoms with Gasteiger partial charge in [0.15, 0.2) is 5.82 Å². The number of hydrogen-bond acceptors (Lipinski definition) is 4. The first kappa shape index (κ1) is 15.2. The fourth-order valence-electron chi connectivity index (χ4n) is 1.80. The monoisotopic (exact) mass is 306 g/mol. The maximum Gasteiger partial charge on any atom is 0.261 e. The van der Waals surface area contributed by atoms with E-state index < -0.39 is 6.04 Å². The Bertz CT molecular complexity index is 606. The van der Waals surface area contributed by atoms with Gasteiger partial charge in [-0.3, -0.25) is 14.7 Å². The number of amides is 2. The Kier molecular flexibility index (Phi) is 5.10. The van der Waals surface area contributed by atoms with E-state index in [4.69, 9.17) is 0 Å². The Balaban J connectivity index is 1.88. The number of thiophene rings is 1. The average molecular weight is 306 g/mol. The average Bonchev–Trinajstić information content (AvgIpc) is 3.10. The lowest BCUT2D eigenvalue weighted by Crippen LogP contribution is -2.41. The Hall–Kier alpha value is -2.15. The fourth-order valence-corrected chi connectivity index (χ4v) is 2.43. The van der Waals surface area contributed by atoms with E-state index in [-0.39, 0.29) is 11.8 Å². The predicted octanol–water partition coefficient (Wildman–Crippen LogP) is 2.18. The lowest BCUT2D eigenvalue weighted by atomic mass is 10.2. The molecule has 2 rings (SSSR count). The van der Waals surface area contributed by atoms with E-state index in [1.165, 1.54) is 11.3 Å². The maximum absolute atomic E-state index is 12.0. The van der Waals surface area contributed by atoms with Crippen molar-refractivity contribution in [2.75, 3.05) is 5.32 Å². The second-order valence-corrected chi connectivity index (χ2v) is 5.64. The minimum atomic E-state index is -0.633. The van der Waals surface area contributed by atoms with Gasteiger partial charge in [-0.1, -0.05) is 19.4 Å². The minimum absolute atomic E-state index is 0.249. The Morgan fingerprint density at radius 2 is 2.29 bits per heavy atom. The highest BCUT2D eigenvalue weighted by atomic mass is 32.1. The minimum Gasteiger partial charge on any atom is -0.340 e. The van der Waals surface area contributed by atoms with Crippen molar-refractivity contribution in [2.24, 2.45) is 0 Å². The molecule has 0 aliphatic carbocycles. The van der Waals surface area contributed by atoms with Crippen LogP contribution in [0.3, 0.4) is 0 Å². The molecule has 0 fully saturated rings. The quantitative estimate of drug-likeness (QED) is 0.764. The number of hydrogen-bond donors (Lipinski definition) is 3. The molecule has 1 unspecified atom stereocenters. The highest BCUT2D eigenvalue weighted by Crippen LogP contribution is 2.10. The Labute approximate surface area is 127 Å². The van der Waals surface area contributed by atoms with Crippen molar-refractivity contribution in [1.82, 2.24) is 15.5 Å². The van der Waals surface area contributed by atoms with Crippen LogP contribution in [0.5, 0.6) is 0 Å². The van der Waals surface area contributed by atoms with Crippen LogP contribution in [0.15, 0.2) is 23.6 Å². The summed E-state index contributed by atoms with van der Waals surface area (Å²) in [7, 11) is 0. The second-order valence-electron chi connectivity index (χ2n) is 4.69. The summed E-state index contributed by atoms with van der Waals surface area (Å²) in [6.07, 6.45) is 1.89. The second kappa shape index (κ2) is 7.03. The first-order valence-electron chi connectivity index (χ1n) is 6.79. The molecule has 1 atom stereocenters. The molecule has 112 valence electrons. The fraction of sp³-hybridized carbons (Fsp3) is 0.357. The molecule has 2 aromatic heterocycles. The van der Waals surface area contributed by atoms with Crippen LogP contribution in [-0.2, 0) is 11.2 Å². The van der Waals surface area contributed by atoms with Crippen molar-refractivity contribution in [2.45, 2.75) is 32.7 Å². The number of aromatic nitrogens is 2. The Morgan fingerprint density at radius 3 is 2.95 bits per heavy atom. The molecule has 2 aromatic rings. The highest BCUT2D eigenvalue weighted by molar-refractivity contribution is 7.12. The normalized spacial score (nSPS) is 11.9. The van der Waals surface area contributed by atoms with Gasteiger partial charge >= 0.3 is 0 Å². The lowest BCUT2D eigenvalue weighted by molar-refractivity contribution is -0.117. The van der Waals surface area contributed by atoms with E-state index in [1.807, 2.05) is 5.38 Å². The van der Waals surface area contributed by atoms with Gasteiger partial charge in [-0.25, -0.2) is 0 Å². The molecule has 0 aromatic carbocycles. The van der Waals surface area contributed by atoms with Gasteiger partial charge in [0.25, 0.3) is 5.91 Å². The topological polar surface area (TPSA) is 86.9 Å². The van der Waals surface area contributed by atoms with Gasteiger partial charge in [-0.15, -0.1) is 11.3 Å². The molecule has 0 aliphatic rings. The summed E-state index contributed by atoms with van der Waals surface area (Å²) in [5, 5.41) is 14.0. The van der Waals surface area contributed by atoms with Gasteiger partial charge in [0, 0.05) is 11.8 Å². The zero-order chi connectivity index (χ0) is 15.2. The van der Waals surface area contributed by atoms with Crippen molar-refractivity contribution in [3.05, 3.63) is 34.2 Å². The predicted molar refractivity (Wildman–Crippen MR) is 82.5 cm³/mol. The number of H-pyrrole nitrogens is 1. The van der Waals surface area contributed by atoms with Crippen molar-refractivity contribution >= 4 is 29.0 Å². The van der Waals surface area contributed by atoms with E-state index in [0.717, 1.165) is 18.5 Å². The molecule has 6 nitrogen and oxygen atoms in total. The number of anilines is 1. The molecule has 0 radical (unpaired) electrons. The van der Waals surface area contributed by atoms with Gasteiger partial charge in [-0.2, -0.15) is 5.10 Å². The standard InChI is InChI=1S/C14H18N4O2S/c1-3-5-10-8-12(18-17-10)16-13(19)9(2)15-14(20)11-6-4-7-21-11/h4,6-9H,3,5H2,1-2H3,(H,15,20)(H2,16,17,18,19). The van der Waals surface area contributed by atoms with E-state index in [9.17, 15) is 9.59 Å². The molecule has 0 saturated carbocycles. The molecule has 0 bridgehead atoms. The van der Waals surface area contributed by atoms with Crippen LogP contribution < -0.4 is 10.6 Å². The number of nitrogens with zero attached hydrogens (tertiary/aromatic N) is 1. The highest BCUT2D eigenvalue weighted by Gasteiger charge is 2.18. The molecule has 0 saturated heterocycles. The molecule has 21 heavy (non-hydrogen) atoms. The molecular formula is C14H18N4O2S. The molecule has 0 aliphatic heterocycles. The van der Waals surface area contributed by atoms with Crippen LogP contribution >= 0.6 is 11.3 Å². The number of carbonyl (C=O) groups excluding carboxylic acids is 2. The van der Waals surface area contributed by atoms with Crippen LogP contribution in [0.2, 0.25) is 0 Å². The van der Waals surface area contributed by atoms with Gasteiger partial charge in [0.05, 0.1) is 4.88 Å². The van der Waals surface area contributed by atoms with Crippen molar-refractivity contribution in [3.63, 3.8) is 0 Å². The zero-order valence-corrected chi connectivity index (χ0v) is 12.8. The first-order chi connectivity index (χ1) is 10.1. The Morgan fingerprint density at radius 1 is 1.48 bits per heavy atom. The molecule has 2 heterocycles. The molecular weight excluding hydrogens is 288 g/mol. The first-order valence-corrected chi connectivity index (χ1v) is 7.67. The van der Waals surface area contributed by atoms with E-state index in [1.54, 1.807) is 25.1 Å². The van der Waals surface area contributed by atoms with E-state index in [2.05, 4.69) is 27.8 Å². The molecule has 3 N–H and O–H groups in total. The van der Waals surface area contributed by atoms with Crippen LogP contribution in [0.4, 0.5) is 5.82 Å². The van der Waals surface area contributed by atoms with Crippen molar-refractivity contribution in [3.8, 4) is 0 Å². The van der Waals surface area contributed by atoms with Gasteiger partial charge in [0.2, 0.25) is 5.91 Å². The third kappa shape index (κ3) is 4.16. The summed E-state index contributed by atoms with van der Waals surface area (Å²) in [5.74, 6) is -0.0727. The third-order valence-electron chi connectivity index (χ3n) is 2.89. The van der Waals surface area contributed by atoms with Crippen LogP contribution in [-0.4, -0.2) is 28.1 Å². The number of carbonyl (C=O) groups is 2. The van der Waals surface area contributed by atoms with E-state index in [0.29, 0.717) is 10.7 Å². The van der Waals surface area contributed by atoms with Gasteiger partial charge in [-0.05, 0) is 24.8 Å². The number of aromatic amines is 1.